The lowest BCUT2D eigenvalue weighted by molar-refractivity contribution is 1.16. The molecule has 0 spiro atoms. The number of hydrogen-bond acceptors (Lipinski definition) is 1. The van der Waals surface area contributed by atoms with E-state index in [2.05, 4.69) is 167 Å². The lowest BCUT2D eigenvalue weighted by Gasteiger charge is -2.11. The Morgan fingerprint density at radius 3 is 1.62 bits per heavy atom. The molecule has 0 atom stereocenters. The van der Waals surface area contributed by atoms with E-state index in [1.807, 2.05) is 48.5 Å². The molecule has 0 unspecified atom stereocenters. The first-order valence-electron chi connectivity index (χ1n) is 19.1. The molecule has 4 heteroatoms. The van der Waals surface area contributed by atoms with Crippen molar-refractivity contribution in [2.75, 3.05) is 0 Å². The summed E-state index contributed by atoms with van der Waals surface area (Å²) in [5.74, 6) is 0.501. The van der Waals surface area contributed by atoms with E-state index < -0.39 is 0 Å². The van der Waals surface area contributed by atoms with Gasteiger partial charge in [-0.1, -0.05) is 152 Å². The first-order chi connectivity index (χ1) is 27.7. The van der Waals surface area contributed by atoms with Gasteiger partial charge in [0.2, 0.25) is 0 Å². The lowest BCUT2D eigenvalue weighted by Crippen LogP contribution is -2.13. The van der Waals surface area contributed by atoms with Crippen LogP contribution in [0.5, 0.6) is 0 Å². The molecular weight excluding hydrogens is 681 g/mol. The zero-order valence-electron chi connectivity index (χ0n) is 30.8. The van der Waals surface area contributed by atoms with Crippen molar-refractivity contribution in [1.29, 1.82) is 0 Å². The van der Waals surface area contributed by atoms with E-state index in [1.54, 1.807) is 0 Å². The van der Waals surface area contributed by atoms with E-state index in [-0.39, 0.29) is 0 Å². The summed E-state index contributed by atoms with van der Waals surface area (Å²) >= 11 is 0. The standard InChI is InChI=1S/C52H38N4/c53-52(38-16-6-2-7-17-38)54-47(37-14-4-1-5-15-37)32-26-36-24-29-42(30-25-36)56-48-22-12-10-20-43(48)45-31-27-40(35-51(45)56)39-28-33-50-46(34-39)44-21-11-13-23-49(44)55(50)41-18-8-3-9-19-41/h1-25,27-35H,26H2,(H2,53,54)/b47-32-. The summed E-state index contributed by atoms with van der Waals surface area (Å²) in [6.07, 6.45) is 2.89. The van der Waals surface area contributed by atoms with Crippen molar-refractivity contribution in [3.05, 3.63) is 223 Å². The topological polar surface area (TPSA) is 48.2 Å². The van der Waals surface area contributed by atoms with Gasteiger partial charge in [-0.3, -0.25) is 0 Å². The van der Waals surface area contributed by atoms with Crippen LogP contribution in [0.2, 0.25) is 0 Å². The molecule has 0 aliphatic carbocycles. The van der Waals surface area contributed by atoms with Gasteiger partial charge in [0.05, 0.1) is 27.8 Å². The zero-order valence-corrected chi connectivity index (χ0v) is 30.8. The molecule has 0 saturated carbocycles. The Labute approximate surface area is 325 Å². The maximum Gasteiger partial charge on any atom is 0.131 e. The van der Waals surface area contributed by atoms with Crippen LogP contribution < -0.4 is 5.73 Å². The highest BCUT2D eigenvalue weighted by Crippen LogP contribution is 2.38. The fourth-order valence-electron chi connectivity index (χ4n) is 8.07. The predicted octanol–water partition coefficient (Wildman–Crippen LogP) is 12.5. The average Bonchev–Trinajstić information content (AvgIpc) is 3.78. The Morgan fingerprint density at radius 1 is 0.429 bits per heavy atom. The molecule has 0 amide bonds. The molecule has 2 N–H and O–H groups in total. The SMILES string of the molecule is NC(=N/C(=C\Cc1ccc(-n2c3ccccc3c3ccc(-c4ccc5c(c4)c4ccccc4n5-c4ccccc4)cc32)cc1)c1ccccc1)c1ccccc1. The number of allylic oxidation sites excluding steroid dienone is 1. The number of amidine groups is 1. The largest absolute Gasteiger partial charge is 0.383 e. The van der Waals surface area contributed by atoms with Gasteiger partial charge in [-0.2, -0.15) is 0 Å². The quantitative estimate of drug-likeness (QED) is 0.123. The number of aliphatic imine (C=N–C) groups is 1. The maximum atomic E-state index is 6.49. The van der Waals surface area contributed by atoms with Crippen molar-refractivity contribution in [2.24, 2.45) is 10.7 Å². The highest BCUT2D eigenvalue weighted by atomic mass is 15.0. The zero-order chi connectivity index (χ0) is 37.4. The monoisotopic (exact) mass is 718 g/mol. The van der Waals surface area contributed by atoms with E-state index in [4.69, 9.17) is 10.7 Å². The minimum atomic E-state index is 0.501. The normalized spacial score (nSPS) is 12.3. The van der Waals surface area contributed by atoms with Crippen LogP contribution in [0.15, 0.2) is 211 Å². The Balaban J connectivity index is 1.03. The Bertz CT molecular complexity index is 3080. The summed E-state index contributed by atoms with van der Waals surface area (Å²) in [5.41, 5.74) is 19.9. The Hall–Kier alpha value is -7.43. The number of nitrogens with two attached hydrogens (primary N) is 1. The second-order valence-corrected chi connectivity index (χ2v) is 14.2. The predicted molar refractivity (Wildman–Crippen MR) is 236 cm³/mol. The van der Waals surface area contributed by atoms with Crippen LogP contribution in [0, 0.1) is 0 Å². The van der Waals surface area contributed by atoms with Crippen LogP contribution in [0.25, 0.3) is 71.8 Å². The lowest BCUT2D eigenvalue weighted by atomic mass is 10.0. The number of benzene rings is 8. The van der Waals surface area contributed by atoms with Gasteiger partial charge in [0.25, 0.3) is 0 Å². The summed E-state index contributed by atoms with van der Waals surface area (Å²) in [7, 11) is 0. The smallest absolute Gasteiger partial charge is 0.131 e. The third-order valence-electron chi connectivity index (χ3n) is 10.8. The average molecular weight is 719 g/mol. The van der Waals surface area contributed by atoms with E-state index in [0.717, 1.165) is 34.6 Å². The molecule has 0 bridgehead atoms. The summed E-state index contributed by atoms with van der Waals surface area (Å²) < 4.78 is 4.76. The minimum Gasteiger partial charge on any atom is -0.383 e. The highest BCUT2D eigenvalue weighted by molar-refractivity contribution is 6.12. The van der Waals surface area contributed by atoms with Crippen molar-refractivity contribution in [1.82, 2.24) is 9.13 Å². The fourth-order valence-corrected chi connectivity index (χ4v) is 8.07. The van der Waals surface area contributed by atoms with E-state index in [0.29, 0.717) is 5.84 Å². The number of hydrogen-bond donors (Lipinski definition) is 1. The van der Waals surface area contributed by atoms with Gasteiger partial charge >= 0.3 is 0 Å². The van der Waals surface area contributed by atoms with Gasteiger partial charge in [-0.15, -0.1) is 0 Å². The Kier molecular flexibility index (Phi) is 8.34. The van der Waals surface area contributed by atoms with Crippen LogP contribution in [0.3, 0.4) is 0 Å². The van der Waals surface area contributed by atoms with Crippen LogP contribution >= 0.6 is 0 Å². The first kappa shape index (κ1) is 33.2. The molecule has 10 rings (SSSR count). The molecule has 4 nitrogen and oxygen atoms in total. The third kappa shape index (κ3) is 5.94. The fraction of sp³-hybridized carbons (Fsp3) is 0.0192. The molecule has 0 radical (unpaired) electrons. The summed E-state index contributed by atoms with van der Waals surface area (Å²) in [5, 5.41) is 4.97. The highest BCUT2D eigenvalue weighted by Gasteiger charge is 2.16. The Morgan fingerprint density at radius 2 is 0.929 bits per heavy atom. The van der Waals surface area contributed by atoms with Crippen LogP contribution in [0.1, 0.15) is 16.7 Å². The van der Waals surface area contributed by atoms with Crippen LogP contribution in [0.4, 0.5) is 0 Å². The van der Waals surface area contributed by atoms with Gasteiger partial charge in [0, 0.05) is 38.5 Å². The molecule has 0 aliphatic heterocycles. The van der Waals surface area contributed by atoms with Gasteiger partial charge in [-0.05, 0) is 83.3 Å². The maximum absolute atomic E-state index is 6.49. The molecular formula is C52H38N4. The van der Waals surface area contributed by atoms with Crippen molar-refractivity contribution >= 4 is 55.1 Å². The number of fused-ring (bicyclic) bond motifs is 6. The van der Waals surface area contributed by atoms with Crippen molar-refractivity contribution in [3.63, 3.8) is 0 Å². The van der Waals surface area contributed by atoms with Crippen LogP contribution in [-0.2, 0) is 6.42 Å². The number of nitrogens with zero attached hydrogens (tertiary/aromatic N) is 3. The van der Waals surface area contributed by atoms with Crippen molar-refractivity contribution in [3.8, 4) is 22.5 Å². The summed E-state index contributed by atoms with van der Waals surface area (Å²) in [4.78, 5) is 4.89. The van der Waals surface area contributed by atoms with Crippen molar-refractivity contribution < 1.29 is 0 Å². The molecule has 10 aromatic rings. The summed E-state index contributed by atoms with van der Waals surface area (Å²) in [6, 6.07) is 70.9. The molecule has 0 fully saturated rings. The number of rotatable bonds is 8. The van der Waals surface area contributed by atoms with Gasteiger partial charge in [-0.25, -0.2) is 4.99 Å². The molecule has 0 aliphatic rings. The van der Waals surface area contributed by atoms with Gasteiger partial charge < -0.3 is 14.9 Å². The first-order valence-corrected chi connectivity index (χ1v) is 19.1. The van der Waals surface area contributed by atoms with Gasteiger partial charge in [0.15, 0.2) is 0 Å². The molecule has 0 saturated heterocycles. The van der Waals surface area contributed by atoms with Crippen LogP contribution in [-0.4, -0.2) is 15.0 Å². The molecule has 2 aromatic heterocycles. The molecule has 56 heavy (non-hydrogen) atoms. The van der Waals surface area contributed by atoms with E-state index in [1.165, 1.54) is 60.3 Å². The number of aromatic nitrogens is 2. The third-order valence-corrected chi connectivity index (χ3v) is 10.8. The second-order valence-electron chi connectivity index (χ2n) is 14.2. The molecule has 8 aromatic carbocycles. The van der Waals surface area contributed by atoms with Gasteiger partial charge in [0.1, 0.15) is 5.84 Å². The summed E-state index contributed by atoms with van der Waals surface area (Å²) in [6.45, 7) is 0. The minimum absolute atomic E-state index is 0.501. The number of para-hydroxylation sites is 3. The molecule has 2 heterocycles. The second kappa shape index (κ2) is 14.1. The van der Waals surface area contributed by atoms with Crippen molar-refractivity contribution in [2.45, 2.75) is 6.42 Å². The molecule has 266 valence electrons. The van der Waals surface area contributed by atoms with E-state index in [9.17, 15) is 0 Å². The van der Waals surface area contributed by atoms with E-state index >= 15 is 0 Å².